The molecule has 24 heavy (non-hydrogen) atoms. The lowest BCUT2D eigenvalue weighted by molar-refractivity contribution is -0.125. The monoisotopic (exact) mass is 348 g/mol. The molecule has 0 aliphatic carbocycles. The fourth-order valence-corrected chi connectivity index (χ4v) is 1.60. The molecule has 4 amide bonds. The fraction of sp³-hybridized carbons (Fsp3) is 0.714. The highest BCUT2D eigenvalue weighted by molar-refractivity contribution is 5.90. The normalized spacial score (nSPS) is 15.9. The summed E-state index contributed by atoms with van der Waals surface area (Å²) in [4.78, 5) is 42.4. The Morgan fingerprint density at radius 2 is 1.79 bits per heavy atom. The number of amides is 4. The number of likely N-dealkylation sites (N-methyl/N-ethyl adjacent to an activating group) is 2. The Hall–Kier alpha value is -2.20. The summed E-state index contributed by atoms with van der Waals surface area (Å²) in [6.45, 7) is 4.00. The Balaban J connectivity index is -0.000000321. The molecule has 0 aromatic carbocycles. The largest absolute Gasteiger partial charge is 0.370 e. The van der Waals surface area contributed by atoms with E-state index in [1.54, 1.807) is 7.05 Å². The molecule has 2 unspecified atom stereocenters. The lowest BCUT2D eigenvalue weighted by Gasteiger charge is -2.07. The molecule has 1 fully saturated rings. The van der Waals surface area contributed by atoms with Crippen LogP contribution in [0, 0.1) is 0 Å². The topological polar surface area (TPSA) is 191 Å². The van der Waals surface area contributed by atoms with Gasteiger partial charge in [0.25, 0.3) is 0 Å². The summed E-state index contributed by atoms with van der Waals surface area (Å²) in [6.07, 6.45) is 1.54. The third kappa shape index (κ3) is 12.4. The van der Waals surface area contributed by atoms with E-state index in [9.17, 15) is 19.2 Å². The van der Waals surface area contributed by atoms with E-state index in [-0.39, 0.29) is 36.3 Å². The molecular weight excluding hydrogens is 316 g/mol. The van der Waals surface area contributed by atoms with E-state index in [0.29, 0.717) is 19.3 Å². The maximum absolute atomic E-state index is 10.8. The van der Waals surface area contributed by atoms with Gasteiger partial charge in [0.05, 0.1) is 6.04 Å². The molecule has 0 radical (unpaired) electrons. The van der Waals surface area contributed by atoms with E-state index in [4.69, 9.17) is 11.5 Å². The van der Waals surface area contributed by atoms with Crippen LogP contribution in [0.2, 0.25) is 0 Å². The summed E-state index contributed by atoms with van der Waals surface area (Å²) in [5.74, 6) is -0.852. The van der Waals surface area contributed by atoms with E-state index >= 15 is 0 Å². The van der Waals surface area contributed by atoms with Crippen molar-refractivity contribution >= 4 is 23.6 Å². The van der Waals surface area contributed by atoms with Crippen LogP contribution in [-0.4, -0.2) is 49.8 Å². The van der Waals surface area contributed by atoms with Crippen molar-refractivity contribution < 1.29 is 19.2 Å². The summed E-state index contributed by atoms with van der Waals surface area (Å²) < 4.78 is 0. The van der Waals surface area contributed by atoms with E-state index < -0.39 is 11.9 Å². The Bertz CT molecular complexity index is 403. The van der Waals surface area contributed by atoms with Gasteiger partial charge in [0, 0.05) is 26.9 Å². The molecule has 1 rings (SSSR count). The van der Waals surface area contributed by atoms with Gasteiger partial charge in [-0.2, -0.15) is 0 Å². The van der Waals surface area contributed by atoms with Crippen molar-refractivity contribution in [3.63, 3.8) is 0 Å². The molecule has 1 heterocycles. The molecule has 0 aromatic heterocycles. The van der Waals surface area contributed by atoms with Crippen molar-refractivity contribution in [3.05, 3.63) is 0 Å². The molecular formula is C14H32N6O4. The van der Waals surface area contributed by atoms with Crippen molar-refractivity contribution in [2.24, 2.45) is 11.5 Å². The molecule has 0 bridgehead atoms. The number of carbonyl (C=O) groups is 4. The van der Waals surface area contributed by atoms with Gasteiger partial charge in [-0.3, -0.25) is 19.2 Å². The van der Waals surface area contributed by atoms with Gasteiger partial charge in [-0.25, -0.2) is 0 Å². The number of hydrogen-bond donors (Lipinski definition) is 6. The van der Waals surface area contributed by atoms with Gasteiger partial charge in [0.1, 0.15) is 6.04 Å². The van der Waals surface area contributed by atoms with Crippen LogP contribution in [0.1, 0.15) is 39.5 Å². The highest BCUT2D eigenvalue weighted by atomic mass is 16.2. The SMILES string of the molecule is CC.CNC(=O)C(N)CCC(N)=O.CNC(=O)C1CCC(=O)N1.N. The second-order valence-corrected chi connectivity index (χ2v) is 4.50. The number of carbonyl (C=O) groups excluding carboxylic acids is 4. The standard InChI is InChI=1S/C6H13N3O2.C6H10N2O2.C2H6.H3N/c1-9-6(11)4(7)2-3-5(8)10;1-7-6(10)4-2-3-5(9)8-4;1-2;/h4H,2-3,7H2,1H3,(H2,8,10)(H,9,11);4H,2-3H2,1H3,(H,7,10)(H,8,9);1-2H3;1H3. The fourth-order valence-electron chi connectivity index (χ4n) is 1.60. The van der Waals surface area contributed by atoms with Crippen molar-refractivity contribution in [2.45, 2.75) is 51.6 Å². The third-order valence-corrected chi connectivity index (χ3v) is 2.84. The maximum atomic E-state index is 10.8. The molecule has 0 saturated carbocycles. The first-order valence-corrected chi connectivity index (χ1v) is 7.58. The van der Waals surface area contributed by atoms with Crippen molar-refractivity contribution in [1.29, 1.82) is 0 Å². The van der Waals surface area contributed by atoms with Crippen LogP contribution >= 0.6 is 0 Å². The zero-order valence-corrected chi connectivity index (χ0v) is 15.0. The molecule has 10 nitrogen and oxygen atoms in total. The average Bonchev–Trinajstić information content (AvgIpc) is 2.99. The molecule has 10 N–H and O–H groups in total. The van der Waals surface area contributed by atoms with Gasteiger partial charge in [0.2, 0.25) is 23.6 Å². The van der Waals surface area contributed by atoms with Gasteiger partial charge >= 0.3 is 0 Å². The number of nitrogens with two attached hydrogens (primary N) is 2. The van der Waals surface area contributed by atoms with Crippen LogP contribution in [0.3, 0.4) is 0 Å². The predicted octanol–water partition coefficient (Wildman–Crippen LogP) is -1.48. The maximum Gasteiger partial charge on any atom is 0.242 e. The molecule has 1 saturated heterocycles. The van der Waals surface area contributed by atoms with Crippen LogP contribution in [0.5, 0.6) is 0 Å². The summed E-state index contributed by atoms with van der Waals surface area (Å²) in [7, 11) is 3.05. The Kier molecular flexibility index (Phi) is 17.4. The first-order chi connectivity index (χ1) is 10.8. The zero-order valence-electron chi connectivity index (χ0n) is 15.0. The van der Waals surface area contributed by atoms with Crippen LogP contribution in [0.15, 0.2) is 0 Å². The molecule has 0 spiro atoms. The second kappa shape index (κ2) is 15.7. The van der Waals surface area contributed by atoms with Gasteiger partial charge in [0.15, 0.2) is 0 Å². The minimum Gasteiger partial charge on any atom is -0.370 e. The summed E-state index contributed by atoms with van der Waals surface area (Å²) in [5.41, 5.74) is 10.2. The number of primary amides is 1. The van der Waals surface area contributed by atoms with Gasteiger partial charge < -0.3 is 33.6 Å². The van der Waals surface area contributed by atoms with Crippen LogP contribution in [-0.2, 0) is 19.2 Å². The number of nitrogens with one attached hydrogen (secondary N) is 3. The molecule has 10 heteroatoms. The van der Waals surface area contributed by atoms with E-state index in [0.717, 1.165) is 0 Å². The molecule has 142 valence electrons. The van der Waals surface area contributed by atoms with Crippen molar-refractivity contribution in [2.75, 3.05) is 14.1 Å². The summed E-state index contributed by atoms with van der Waals surface area (Å²) >= 11 is 0. The molecule has 2 atom stereocenters. The second-order valence-electron chi connectivity index (χ2n) is 4.50. The lowest BCUT2D eigenvalue weighted by atomic mass is 10.1. The van der Waals surface area contributed by atoms with E-state index in [2.05, 4.69) is 16.0 Å². The smallest absolute Gasteiger partial charge is 0.242 e. The van der Waals surface area contributed by atoms with Crippen LogP contribution in [0.4, 0.5) is 0 Å². The predicted molar refractivity (Wildman–Crippen MR) is 92.1 cm³/mol. The molecule has 0 aromatic rings. The summed E-state index contributed by atoms with van der Waals surface area (Å²) in [6, 6.07) is -0.926. The minimum absolute atomic E-state index is 0. The number of hydrogen-bond acceptors (Lipinski definition) is 6. The number of rotatable bonds is 5. The Labute approximate surface area is 143 Å². The van der Waals surface area contributed by atoms with Crippen LogP contribution in [0.25, 0.3) is 0 Å². The Morgan fingerprint density at radius 3 is 2.12 bits per heavy atom. The minimum atomic E-state index is -0.632. The lowest BCUT2D eigenvalue weighted by Crippen LogP contribution is -2.39. The molecule has 1 aliphatic rings. The first kappa shape index (κ1) is 26.7. The van der Waals surface area contributed by atoms with Crippen molar-refractivity contribution in [3.8, 4) is 0 Å². The quantitative estimate of drug-likeness (QED) is 0.351. The first-order valence-electron chi connectivity index (χ1n) is 7.58. The van der Waals surface area contributed by atoms with Gasteiger partial charge in [-0.15, -0.1) is 0 Å². The van der Waals surface area contributed by atoms with E-state index in [1.165, 1.54) is 7.05 Å². The zero-order chi connectivity index (χ0) is 18.4. The molecule has 1 aliphatic heterocycles. The van der Waals surface area contributed by atoms with Crippen LogP contribution < -0.4 is 33.6 Å². The highest BCUT2D eigenvalue weighted by Crippen LogP contribution is 2.05. The average molecular weight is 348 g/mol. The highest BCUT2D eigenvalue weighted by Gasteiger charge is 2.25. The van der Waals surface area contributed by atoms with E-state index in [1.807, 2.05) is 13.8 Å². The summed E-state index contributed by atoms with van der Waals surface area (Å²) in [5, 5.41) is 7.40. The Morgan fingerprint density at radius 1 is 1.25 bits per heavy atom. The van der Waals surface area contributed by atoms with Gasteiger partial charge in [-0.1, -0.05) is 13.8 Å². The van der Waals surface area contributed by atoms with Gasteiger partial charge in [-0.05, 0) is 12.8 Å². The third-order valence-electron chi connectivity index (χ3n) is 2.84. The van der Waals surface area contributed by atoms with Crippen molar-refractivity contribution in [1.82, 2.24) is 22.1 Å².